The first kappa shape index (κ1) is 17.6. The van der Waals surface area contributed by atoms with E-state index in [9.17, 15) is 21.6 Å². The quantitative estimate of drug-likeness (QED) is 0.854. The maximum atomic E-state index is 12.8. The average Bonchev–Trinajstić information content (AvgIpc) is 2.46. The standard InChI is InChI=1S/C15H13ClF3NO2S/c1-2-10-5-3-4-6-13(10)20-23(21,22)14-9-11(15(17,18)19)7-8-12(14)16/h3-9,20H,2H2,1H3. The van der Waals surface area contributed by atoms with Crippen LogP contribution in [0.15, 0.2) is 47.4 Å². The lowest BCUT2D eigenvalue weighted by atomic mass is 10.1. The van der Waals surface area contributed by atoms with E-state index < -0.39 is 26.7 Å². The highest BCUT2D eigenvalue weighted by Crippen LogP contribution is 2.34. The van der Waals surface area contributed by atoms with Crippen LogP contribution in [0.25, 0.3) is 0 Å². The van der Waals surface area contributed by atoms with Gasteiger partial charge in [0, 0.05) is 0 Å². The Labute approximate surface area is 137 Å². The monoisotopic (exact) mass is 363 g/mol. The summed E-state index contributed by atoms with van der Waals surface area (Å²) in [6.45, 7) is 1.84. The van der Waals surface area contributed by atoms with Crippen molar-refractivity contribution in [1.82, 2.24) is 0 Å². The summed E-state index contributed by atoms with van der Waals surface area (Å²) in [5, 5.41) is -0.278. The molecule has 0 bridgehead atoms. The number of halogens is 4. The number of nitrogens with one attached hydrogen (secondary N) is 1. The van der Waals surface area contributed by atoms with E-state index in [4.69, 9.17) is 11.6 Å². The molecule has 2 aromatic rings. The molecule has 0 aromatic heterocycles. The van der Waals surface area contributed by atoms with Gasteiger partial charge in [-0.25, -0.2) is 8.42 Å². The Balaban J connectivity index is 2.48. The first-order chi connectivity index (χ1) is 10.6. The molecular formula is C15H13ClF3NO2S. The van der Waals surface area contributed by atoms with Crippen molar-refractivity contribution in [1.29, 1.82) is 0 Å². The van der Waals surface area contributed by atoms with Crippen molar-refractivity contribution < 1.29 is 21.6 Å². The van der Waals surface area contributed by atoms with Crippen molar-refractivity contribution in [2.45, 2.75) is 24.4 Å². The second-order valence-electron chi connectivity index (χ2n) is 4.76. The summed E-state index contributed by atoms with van der Waals surface area (Å²) in [6.07, 6.45) is -4.09. The summed E-state index contributed by atoms with van der Waals surface area (Å²) in [4.78, 5) is -0.611. The van der Waals surface area contributed by atoms with Crippen LogP contribution in [0.1, 0.15) is 18.1 Å². The topological polar surface area (TPSA) is 46.2 Å². The molecule has 2 aromatic carbocycles. The van der Waals surface area contributed by atoms with Gasteiger partial charge in [0.15, 0.2) is 0 Å². The molecule has 0 heterocycles. The van der Waals surface area contributed by atoms with Gasteiger partial charge in [-0.2, -0.15) is 13.2 Å². The summed E-state index contributed by atoms with van der Waals surface area (Å²) in [5.41, 5.74) is -0.0475. The molecule has 1 N–H and O–H groups in total. The summed E-state index contributed by atoms with van der Waals surface area (Å²) in [7, 11) is -4.24. The van der Waals surface area contributed by atoms with Crippen molar-refractivity contribution in [2.24, 2.45) is 0 Å². The van der Waals surface area contributed by atoms with Crippen molar-refractivity contribution in [3.05, 3.63) is 58.6 Å². The molecule has 124 valence electrons. The van der Waals surface area contributed by atoms with Crippen LogP contribution in [-0.4, -0.2) is 8.42 Å². The minimum absolute atomic E-state index is 0.278. The first-order valence-electron chi connectivity index (χ1n) is 6.62. The van der Waals surface area contributed by atoms with Crippen LogP contribution < -0.4 is 4.72 Å². The molecule has 0 unspecified atom stereocenters. The fourth-order valence-electron chi connectivity index (χ4n) is 2.01. The Kier molecular flexibility index (Phi) is 4.91. The molecule has 0 spiro atoms. The Bertz CT molecular complexity index is 820. The van der Waals surface area contributed by atoms with Crippen LogP contribution in [0.2, 0.25) is 5.02 Å². The lowest BCUT2D eigenvalue weighted by molar-refractivity contribution is -0.137. The average molecular weight is 364 g/mol. The first-order valence-corrected chi connectivity index (χ1v) is 8.48. The van der Waals surface area contributed by atoms with Crippen LogP contribution in [0.4, 0.5) is 18.9 Å². The predicted octanol–water partition coefficient (Wildman–Crippen LogP) is 4.72. The molecule has 0 radical (unpaired) electrons. The van der Waals surface area contributed by atoms with Crippen LogP contribution in [-0.2, 0) is 22.6 Å². The van der Waals surface area contributed by atoms with Crippen molar-refractivity contribution >= 4 is 27.3 Å². The number of para-hydroxylation sites is 1. The van der Waals surface area contributed by atoms with Gasteiger partial charge in [0.25, 0.3) is 10.0 Å². The van der Waals surface area contributed by atoms with E-state index in [2.05, 4.69) is 4.72 Å². The molecule has 0 saturated heterocycles. The van der Waals surface area contributed by atoms with Crippen molar-refractivity contribution in [3.63, 3.8) is 0 Å². The fraction of sp³-hybridized carbons (Fsp3) is 0.200. The zero-order valence-electron chi connectivity index (χ0n) is 12.0. The zero-order valence-corrected chi connectivity index (χ0v) is 13.6. The summed E-state index contributed by atoms with van der Waals surface area (Å²) >= 11 is 5.78. The van der Waals surface area contributed by atoms with Gasteiger partial charge in [-0.05, 0) is 36.2 Å². The maximum absolute atomic E-state index is 12.8. The minimum atomic E-state index is -4.66. The second-order valence-corrected chi connectivity index (χ2v) is 6.82. The van der Waals surface area contributed by atoms with Gasteiger partial charge in [0.2, 0.25) is 0 Å². The summed E-state index contributed by atoms with van der Waals surface area (Å²) < 4.78 is 65.4. The van der Waals surface area contributed by atoms with Crippen molar-refractivity contribution in [2.75, 3.05) is 4.72 Å². The third kappa shape index (κ3) is 3.97. The normalized spacial score (nSPS) is 12.2. The zero-order chi connectivity index (χ0) is 17.3. The minimum Gasteiger partial charge on any atom is -0.279 e. The number of hydrogen-bond donors (Lipinski definition) is 1. The lowest BCUT2D eigenvalue weighted by Crippen LogP contribution is -2.16. The SMILES string of the molecule is CCc1ccccc1NS(=O)(=O)c1cc(C(F)(F)F)ccc1Cl. The molecule has 8 heteroatoms. The van der Waals surface area contributed by atoms with Crippen LogP contribution in [0, 0.1) is 0 Å². The van der Waals surface area contributed by atoms with Crippen LogP contribution >= 0.6 is 11.6 Å². The number of benzene rings is 2. The molecule has 0 aliphatic rings. The van der Waals surface area contributed by atoms with Gasteiger partial charge < -0.3 is 0 Å². The Morgan fingerprint density at radius 2 is 1.78 bits per heavy atom. The smallest absolute Gasteiger partial charge is 0.279 e. The van der Waals surface area contributed by atoms with Crippen LogP contribution in [0.5, 0.6) is 0 Å². The lowest BCUT2D eigenvalue weighted by Gasteiger charge is -2.14. The van der Waals surface area contributed by atoms with Gasteiger partial charge in [-0.15, -0.1) is 0 Å². The van der Waals surface area contributed by atoms with Gasteiger partial charge in [-0.1, -0.05) is 36.7 Å². The highest BCUT2D eigenvalue weighted by Gasteiger charge is 2.32. The molecule has 23 heavy (non-hydrogen) atoms. The van der Waals surface area contributed by atoms with E-state index in [0.717, 1.165) is 17.7 Å². The van der Waals surface area contributed by atoms with Gasteiger partial charge >= 0.3 is 6.18 Å². The van der Waals surface area contributed by atoms with Crippen LogP contribution in [0.3, 0.4) is 0 Å². The number of rotatable bonds is 4. The van der Waals surface area contributed by atoms with E-state index in [1.807, 2.05) is 6.92 Å². The molecule has 0 aliphatic heterocycles. The number of alkyl halides is 3. The second kappa shape index (κ2) is 6.41. The molecule has 0 aliphatic carbocycles. The van der Waals surface area contributed by atoms with Gasteiger partial charge in [-0.3, -0.25) is 4.72 Å². The molecule has 0 saturated carbocycles. The van der Waals surface area contributed by atoms with Gasteiger partial charge in [0.1, 0.15) is 4.90 Å². The third-order valence-corrected chi connectivity index (χ3v) is 5.04. The third-order valence-electron chi connectivity index (χ3n) is 3.19. The molecular weight excluding hydrogens is 351 g/mol. The Hall–Kier alpha value is -1.73. The van der Waals surface area contributed by atoms with Gasteiger partial charge in [0.05, 0.1) is 16.3 Å². The highest BCUT2D eigenvalue weighted by atomic mass is 35.5. The fourth-order valence-corrected chi connectivity index (χ4v) is 3.64. The number of anilines is 1. The molecule has 2 rings (SSSR count). The number of aryl methyl sites for hydroxylation is 1. The Morgan fingerprint density at radius 3 is 2.39 bits per heavy atom. The molecule has 0 fully saturated rings. The van der Waals surface area contributed by atoms with E-state index in [-0.39, 0.29) is 5.02 Å². The van der Waals surface area contributed by atoms with Crippen molar-refractivity contribution in [3.8, 4) is 0 Å². The van der Waals surface area contributed by atoms with E-state index >= 15 is 0 Å². The number of sulfonamides is 1. The largest absolute Gasteiger partial charge is 0.416 e. The summed E-state index contributed by atoms with van der Waals surface area (Å²) in [6, 6.07) is 8.83. The van der Waals surface area contributed by atoms with E-state index in [1.165, 1.54) is 6.07 Å². The molecule has 0 atom stereocenters. The summed E-state index contributed by atoms with van der Waals surface area (Å²) in [5.74, 6) is 0. The maximum Gasteiger partial charge on any atom is 0.416 e. The van der Waals surface area contributed by atoms with E-state index in [0.29, 0.717) is 18.2 Å². The highest BCUT2D eigenvalue weighted by molar-refractivity contribution is 7.92. The van der Waals surface area contributed by atoms with E-state index in [1.54, 1.807) is 18.2 Å². The molecule has 0 amide bonds. The Morgan fingerprint density at radius 1 is 1.13 bits per heavy atom. The predicted molar refractivity (Wildman–Crippen MR) is 83.1 cm³/mol. The number of hydrogen-bond acceptors (Lipinski definition) is 2. The molecule has 3 nitrogen and oxygen atoms in total.